The molecular formula is C25H28ClIN4O. The number of hydrogen-bond acceptors (Lipinski definition) is 2. The van der Waals surface area contributed by atoms with E-state index in [0.29, 0.717) is 13.1 Å². The molecule has 3 aromatic rings. The van der Waals surface area contributed by atoms with E-state index in [0.717, 1.165) is 41.5 Å². The van der Waals surface area contributed by atoms with Crippen molar-refractivity contribution < 1.29 is 0 Å². The monoisotopic (exact) mass is 562 g/mol. The van der Waals surface area contributed by atoms with E-state index < -0.39 is 0 Å². The quantitative estimate of drug-likeness (QED) is 0.252. The molecule has 0 saturated heterocycles. The van der Waals surface area contributed by atoms with Crippen LogP contribution < -0.4 is 16.2 Å². The van der Waals surface area contributed by atoms with Crippen LogP contribution in [0.1, 0.15) is 29.5 Å². The Hall–Kier alpha value is -2.32. The maximum absolute atomic E-state index is 11.9. The van der Waals surface area contributed by atoms with E-state index >= 15 is 0 Å². The van der Waals surface area contributed by atoms with Crippen LogP contribution in [-0.4, -0.2) is 24.1 Å². The minimum Gasteiger partial charge on any atom is -0.356 e. The van der Waals surface area contributed by atoms with Crippen molar-refractivity contribution in [1.29, 1.82) is 0 Å². The molecule has 32 heavy (non-hydrogen) atoms. The van der Waals surface area contributed by atoms with Crippen molar-refractivity contribution in [2.75, 3.05) is 13.6 Å². The highest BCUT2D eigenvalue weighted by molar-refractivity contribution is 14.0. The first-order valence-corrected chi connectivity index (χ1v) is 10.9. The lowest BCUT2D eigenvalue weighted by atomic mass is 9.96. The van der Waals surface area contributed by atoms with Crippen LogP contribution in [0.4, 0.5) is 0 Å². The third-order valence-corrected chi connectivity index (χ3v) is 6.08. The van der Waals surface area contributed by atoms with Crippen molar-refractivity contribution in [2.45, 2.75) is 31.3 Å². The van der Waals surface area contributed by atoms with E-state index in [4.69, 9.17) is 11.6 Å². The highest BCUT2D eigenvalue weighted by Crippen LogP contribution is 2.48. The largest absolute Gasteiger partial charge is 0.356 e. The number of nitrogens with one attached hydrogen (secondary N) is 2. The van der Waals surface area contributed by atoms with Gasteiger partial charge in [0.05, 0.1) is 6.54 Å². The number of rotatable bonds is 7. The first kappa shape index (κ1) is 24.3. The number of guanidine groups is 1. The molecule has 5 nitrogen and oxygen atoms in total. The minimum absolute atomic E-state index is 0. The molecule has 0 radical (unpaired) electrons. The summed E-state index contributed by atoms with van der Waals surface area (Å²) in [6.07, 6.45) is 4.12. The van der Waals surface area contributed by atoms with Crippen LogP contribution in [0, 0.1) is 0 Å². The molecule has 0 bridgehead atoms. The van der Waals surface area contributed by atoms with Crippen molar-refractivity contribution in [3.63, 3.8) is 0 Å². The van der Waals surface area contributed by atoms with Gasteiger partial charge in [0.15, 0.2) is 5.96 Å². The third-order valence-electron chi connectivity index (χ3n) is 5.84. The Balaban J connectivity index is 0.00000289. The summed E-state index contributed by atoms with van der Waals surface area (Å²) in [5.41, 5.74) is 3.70. The average molecular weight is 563 g/mol. The Morgan fingerprint density at radius 1 is 1.03 bits per heavy atom. The first-order valence-electron chi connectivity index (χ1n) is 10.5. The van der Waals surface area contributed by atoms with Gasteiger partial charge in [-0.3, -0.25) is 9.79 Å². The molecule has 1 heterocycles. The molecule has 1 aromatic heterocycles. The lowest BCUT2D eigenvalue weighted by Crippen LogP contribution is -2.40. The number of aromatic nitrogens is 1. The second-order valence-corrected chi connectivity index (χ2v) is 8.49. The van der Waals surface area contributed by atoms with Gasteiger partial charge in [-0.2, -0.15) is 0 Å². The second-order valence-electron chi connectivity index (χ2n) is 8.05. The molecule has 2 N–H and O–H groups in total. The zero-order valence-corrected chi connectivity index (χ0v) is 21.1. The lowest BCUT2D eigenvalue weighted by molar-refractivity contribution is 0.645. The van der Waals surface area contributed by atoms with Crippen molar-refractivity contribution in [1.82, 2.24) is 15.2 Å². The van der Waals surface area contributed by atoms with Gasteiger partial charge in [-0.15, -0.1) is 24.0 Å². The molecule has 168 valence electrons. The molecule has 7 heteroatoms. The molecule has 2 aromatic carbocycles. The SMILES string of the molecule is CN=C(NCc1ccc(Cn2ccccc2=O)cc1)NCC1(c2cccc(Cl)c2)CC1.I. The van der Waals surface area contributed by atoms with Crippen molar-refractivity contribution >= 4 is 41.5 Å². The van der Waals surface area contributed by atoms with Gasteiger partial charge in [-0.05, 0) is 47.7 Å². The Labute approximate surface area is 210 Å². The summed E-state index contributed by atoms with van der Waals surface area (Å²) in [7, 11) is 1.79. The van der Waals surface area contributed by atoms with Crippen LogP contribution in [0.25, 0.3) is 0 Å². The summed E-state index contributed by atoms with van der Waals surface area (Å²) in [5, 5.41) is 7.64. The minimum atomic E-state index is 0. The standard InChI is InChI=1S/C25H27ClN4O.HI/c1-27-24(29-18-25(12-13-25)21-5-4-6-22(26)15-21)28-16-19-8-10-20(11-9-19)17-30-14-3-2-7-23(30)31;/h2-11,14-15H,12-13,16-18H2,1H3,(H2,27,28,29);1H. The molecule has 4 rings (SSSR count). The zero-order chi connectivity index (χ0) is 21.7. The van der Waals surface area contributed by atoms with Gasteiger partial charge in [-0.25, -0.2) is 0 Å². The third kappa shape index (κ3) is 6.13. The predicted octanol–water partition coefficient (Wildman–Crippen LogP) is 4.56. The van der Waals surface area contributed by atoms with Gasteiger partial charge in [0.1, 0.15) is 0 Å². The maximum atomic E-state index is 11.9. The molecule has 0 aliphatic heterocycles. The van der Waals surface area contributed by atoms with E-state index in [1.807, 2.05) is 24.4 Å². The van der Waals surface area contributed by atoms with Crippen molar-refractivity contribution in [3.05, 3.63) is 105 Å². The molecule has 0 atom stereocenters. The Morgan fingerprint density at radius 2 is 1.78 bits per heavy atom. The lowest BCUT2D eigenvalue weighted by Gasteiger charge is -2.19. The fourth-order valence-electron chi connectivity index (χ4n) is 3.75. The summed E-state index contributed by atoms with van der Waals surface area (Å²) < 4.78 is 1.70. The molecule has 0 unspecified atom stereocenters. The fourth-order valence-corrected chi connectivity index (χ4v) is 3.94. The number of pyridine rings is 1. The number of nitrogens with zero attached hydrogens (tertiary/aromatic N) is 2. The van der Waals surface area contributed by atoms with Crippen LogP contribution in [0.3, 0.4) is 0 Å². The van der Waals surface area contributed by atoms with E-state index in [2.05, 4.69) is 52.0 Å². The first-order chi connectivity index (χ1) is 15.1. The van der Waals surface area contributed by atoms with Gasteiger partial charge in [-0.1, -0.05) is 54.1 Å². The van der Waals surface area contributed by atoms with E-state index in [1.54, 1.807) is 23.7 Å². The summed E-state index contributed by atoms with van der Waals surface area (Å²) in [5.74, 6) is 0.785. The van der Waals surface area contributed by atoms with Gasteiger partial charge >= 0.3 is 0 Å². The van der Waals surface area contributed by atoms with Crippen molar-refractivity contribution in [3.8, 4) is 0 Å². The molecule has 1 fully saturated rings. The Bertz CT molecular complexity index is 1120. The summed E-state index contributed by atoms with van der Waals surface area (Å²) >= 11 is 6.18. The highest BCUT2D eigenvalue weighted by atomic mass is 127. The predicted molar refractivity (Wildman–Crippen MR) is 142 cm³/mol. The van der Waals surface area contributed by atoms with Crippen molar-refractivity contribution in [2.24, 2.45) is 4.99 Å². The molecule has 0 amide bonds. The number of hydrogen-bond donors (Lipinski definition) is 2. The molecule has 1 aliphatic carbocycles. The van der Waals surface area contributed by atoms with Gasteiger partial charge in [0, 0.05) is 42.8 Å². The van der Waals surface area contributed by atoms with Gasteiger partial charge in [0.25, 0.3) is 5.56 Å². The fraction of sp³-hybridized carbons (Fsp3) is 0.280. The maximum Gasteiger partial charge on any atom is 0.250 e. The topological polar surface area (TPSA) is 58.4 Å². The van der Waals surface area contributed by atoms with Crippen LogP contribution in [0.15, 0.2) is 82.7 Å². The average Bonchev–Trinajstić information content (AvgIpc) is 3.58. The number of halogens is 2. The number of aliphatic imine (C=N–C) groups is 1. The molecule has 1 aliphatic rings. The normalized spacial score (nSPS) is 14.4. The Morgan fingerprint density at radius 3 is 2.44 bits per heavy atom. The van der Waals surface area contributed by atoms with Crippen LogP contribution in [-0.2, 0) is 18.5 Å². The summed E-state index contributed by atoms with van der Waals surface area (Å²) in [6.45, 7) is 2.08. The highest BCUT2D eigenvalue weighted by Gasteiger charge is 2.44. The summed E-state index contributed by atoms with van der Waals surface area (Å²) in [6, 6.07) is 21.6. The second kappa shape index (κ2) is 11.0. The van der Waals surface area contributed by atoms with Crippen LogP contribution >= 0.6 is 35.6 Å². The number of benzene rings is 2. The van der Waals surface area contributed by atoms with E-state index in [9.17, 15) is 4.79 Å². The smallest absolute Gasteiger partial charge is 0.250 e. The van der Waals surface area contributed by atoms with E-state index in [1.165, 1.54) is 5.56 Å². The zero-order valence-electron chi connectivity index (χ0n) is 18.1. The Kier molecular flexibility index (Phi) is 8.37. The van der Waals surface area contributed by atoms with Gasteiger partial charge < -0.3 is 15.2 Å². The van der Waals surface area contributed by atoms with Crippen LogP contribution in [0.2, 0.25) is 5.02 Å². The van der Waals surface area contributed by atoms with E-state index in [-0.39, 0.29) is 35.0 Å². The summed E-state index contributed by atoms with van der Waals surface area (Å²) in [4.78, 5) is 16.2. The van der Waals surface area contributed by atoms with Crippen LogP contribution in [0.5, 0.6) is 0 Å². The molecule has 0 spiro atoms. The molecular weight excluding hydrogens is 535 g/mol. The van der Waals surface area contributed by atoms with Gasteiger partial charge in [0.2, 0.25) is 0 Å². The molecule has 1 saturated carbocycles.